The highest BCUT2D eigenvalue weighted by Gasteiger charge is 2.30. The maximum atomic E-state index is 13.6. The van der Waals surface area contributed by atoms with Crippen molar-refractivity contribution >= 4 is 5.91 Å². The summed E-state index contributed by atoms with van der Waals surface area (Å²) in [5, 5.41) is 3.65. The predicted molar refractivity (Wildman–Crippen MR) is 118 cm³/mol. The number of hydrogen-bond acceptors (Lipinski definition) is 2. The van der Waals surface area contributed by atoms with Crippen LogP contribution in [0.15, 0.2) is 91.0 Å². The van der Waals surface area contributed by atoms with Crippen LogP contribution in [-0.4, -0.2) is 29.9 Å². The second kappa shape index (κ2) is 9.53. The summed E-state index contributed by atoms with van der Waals surface area (Å²) in [4.78, 5) is 15.7. The Hall–Kier alpha value is -2.91. The lowest BCUT2D eigenvalue weighted by atomic mass is 9.89. The minimum Gasteiger partial charge on any atom is -0.340 e. The minimum atomic E-state index is -0.245. The molecule has 0 saturated carbocycles. The zero-order valence-corrected chi connectivity index (χ0v) is 16.7. The molecule has 1 heterocycles. The molecule has 3 heteroatoms. The molecular weight excluding hydrogens is 356 g/mol. The number of rotatable bonds is 6. The number of carbonyl (C=O) groups is 1. The Morgan fingerprint density at radius 2 is 1.41 bits per heavy atom. The molecule has 3 nitrogen and oxygen atoms in total. The van der Waals surface area contributed by atoms with Gasteiger partial charge in [-0.3, -0.25) is 4.79 Å². The van der Waals surface area contributed by atoms with Gasteiger partial charge in [0, 0.05) is 25.7 Å². The fraction of sp³-hybridized carbons (Fsp3) is 0.269. The van der Waals surface area contributed by atoms with Crippen molar-refractivity contribution in [2.24, 2.45) is 0 Å². The standard InChI is InChI=1S/C26H28N2O/c29-26(25(22-13-6-2-7-14-22)23-15-8-3-9-16-23)28-18-10-17-24(20-28)27-19-21-11-4-1-5-12-21/h1-9,11-16,24-25,27H,10,17-20H2. The molecule has 0 radical (unpaired) electrons. The lowest BCUT2D eigenvalue weighted by Crippen LogP contribution is -2.49. The molecule has 0 aromatic heterocycles. The van der Waals surface area contributed by atoms with E-state index in [2.05, 4.69) is 58.7 Å². The second-order valence-corrected chi connectivity index (χ2v) is 7.74. The average Bonchev–Trinajstić information content (AvgIpc) is 2.80. The van der Waals surface area contributed by atoms with Crippen molar-refractivity contribution in [2.45, 2.75) is 31.3 Å². The van der Waals surface area contributed by atoms with Crippen molar-refractivity contribution in [3.8, 4) is 0 Å². The van der Waals surface area contributed by atoms with E-state index in [1.807, 2.05) is 42.5 Å². The van der Waals surface area contributed by atoms with Gasteiger partial charge in [-0.1, -0.05) is 91.0 Å². The van der Waals surface area contributed by atoms with E-state index >= 15 is 0 Å². The molecule has 29 heavy (non-hydrogen) atoms. The lowest BCUT2D eigenvalue weighted by Gasteiger charge is -2.35. The predicted octanol–water partition coefficient (Wildman–Crippen LogP) is 4.60. The molecule has 1 amide bonds. The quantitative estimate of drug-likeness (QED) is 0.674. The molecule has 0 spiro atoms. The first-order valence-corrected chi connectivity index (χ1v) is 10.5. The van der Waals surface area contributed by atoms with E-state index in [1.165, 1.54) is 5.56 Å². The summed E-state index contributed by atoms with van der Waals surface area (Å²) in [6.45, 7) is 2.44. The van der Waals surface area contributed by atoms with Gasteiger partial charge in [0.1, 0.15) is 0 Å². The number of amides is 1. The molecule has 1 N–H and O–H groups in total. The van der Waals surface area contributed by atoms with Gasteiger partial charge in [-0.25, -0.2) is 0 Å². The smallest absolute Gasteiger partial charge is 0.234 e. The number of nitrogens with zero attached hydrogens (tertiary/aromatic N) is 1. The van der Waals surface area contributed by atoms with E-state index in [-0.39, 0.29) is 11.8 Å². The number of hydrogen-bond donors (Lipinski definition) is 1. The Bertz CT molecular complexity index is 856. The average molecular weight is 385 g/mol. The van der Waals surface area contributed by atoms with E-state index < -0.39 is 0 Å². The third kappa shape index (κ3) is 4.93. The van der Waals surface area contributed by atoms with E-state index in [1.54, 1.807) is 0 Å². The van der Waals surface area contributed by atoms with Crippen molar-refractivity contribution in [2.75, 3.05) is 13.1 Å². The molecule has 1 aliphatic rings. The fourth-order valence-corrected chi connectivity index (χ4v) is 4.15. The van der Waals surface area contributed by atoms with Gasteiger partial charge in [0.15, 0.2) is 0 Å². The summed E-state index contributed by atoms with van der Waals surface area (Å²) >= 11 is 0. The van der Waals surface area contributed by atoms with Gasteiger partial charge < -0.3 is 10.2 Å². The summed E-state index contributed by atoms with van der Waals surface area (Å²) in [6.07, 6.45) is 2.15. The third-order valence-electron chi connectivity index (χ3n) is 5.68. The first-order chi connectivity index (χ1) is 14.3. The highest BCUT2D eigenvalue weighted by atomic mass is 16.2. The van der Waals surface area contributed by atoms with Gasteiger partial charge in [-0.2, -0.15) is 0 Å². The van der Waals surface area contributed by atoms with E-state index in [0.717, 1.165) is 43.6 Å². The van der Waals surface area contributed by atoms with Crippen LogP contribution in [0.4, 0.5) is 0 Å². The van der Waals surface area contributed by atoms with Crippen molar-refractivity contribution < 1.29 is 4.79 Å². The maximum Gasteiger partial charge on any atom is 0.234 e. The number of piperidine rings is 1. The monoisotopic (exact) mass is 384 g/mol. The third-order valence-corrected chi connectivity index (χ3v) is 5.68. The van der Waals surface area contributed by atoms with Crippen molar-refractivity contribution in [3.63, 3.8) is 0 Å². The number of nitrogens with one attached hydrogen (secondary N) is 1. The molecule has 3 aromatic rings. The van der Waals surface area contributed by atoms with E-state index in [4.69, 9.17) is 0 Å². The molecule has 0 aliphatic carbocycles. The lowest BCUT2D eigenvalue weighted by molar-refractivity contribution is -0.133. The van der Waals surface area contributed by atoms with E-state index in [9.17, 15) is 4.79 Å². The van der Waals surface area contributed by atoms with Crippen LogP contribution in [0.1, 0.15) is 35.4 Å². The molecular formula is C26H28N2O. The van der Waals surface area contributed by atoms with E-state index in [0.29, 0.717) is 6.04 Å². The van der Waals surface area contributed by atoms with Crippen molar-refractivity contribution in [1.29, 1.82) is 0 Å². The number of likely N-dealkylation sites (tertiary alicyclic amines) is 1. The normalized spacial score (nSPS) is 16.7. The summed E-state index contributed by atoms with van der Waals surface area (Å²) < 4.78 is 0. The topological polar surface area (TPSA) is 32.3 Å². The Morgan fingerprint density at radius 1 is 0.862 bits per heavy atom. The second-order valence-electron chi connectivity index (χ2n) is 7.74. The van der Waals surface area contributed by atoms with Gasteiger partial charge in [-0.15, -0.1) is 0 Å². The Morgan fingerprint density at radius 3 is 2.00 bits per heavy atom. The molecule has 1 unspecified atom stereocenters. The molecule has 1 aliphatic heterocycles. The van der Waals surface area contributed by atoms with Gasteiger partial charge in [0.25, 0.3) is 0 Å². The zero-order chi connectivity index (χ0) is 19.9. The molecule has 3 aromatic carbocycles. The van der Waals surface area contributed by atoms with Gasteiger partial charge in [-0.05, 0) is 29.5 Å². The van der Waals surface area contributed by atoms with Crippen LogP contribution >= 0.6 is 0 Å². The Labute approximate surface area is 173 Å². The van der Waals surface area contributed by atoms with Gasteiger partial charge in [0.05, 0.1) is 5.92 Å². The first-order valence-electron chi connectivity index (χ1n) is 10.5. The summed E-state index contributed by atoms with van der Waals surface area (Å²) in [5.74, 6) is -0.0427. The van der Waals surface area contributed by atoms with Crippen LogP contribution in [0.2, 0.25) is 0 Å². The highest BCUT2D eigenvalue weighted by Crippen LogP contribution is 2.28. The molecule has 1 atom stereocenters. The van der Waals surface area contributed by atoms with Crippen LogP contribution in [0, 0.1) is 0 Å². The Balaban J connectivity index is 1.48. The Kier molecular flexibility index (Phi) is 6.38. The molecule has 148 valence electrons. The molecule has 4 rings (SSSR count). The summed E-state index contributed by atoms with van der Waals surface area (Å²) in [6, 6.07) is 31.1. The largest absolute Gasteiger partial charge is 0.340 e. The first kappa shape index (κ1) is 19.4. The van der Waals surface area contributed by atoms with Crippen LogP contribution in [0.25, 0.3) is 0 Å². The van der Waals surface area contributed by atoms with Crippen LogP contribution in [0.3, 0.4) is 0 Å². The van der Waals surface area contributed by atoms with Crippen LogP contribution in [-0.2, 0) is 11.3 Å². The number of carbonyl (C=O) groups excluding carboxylic acids is 1. The van der Waals surface area contributed by atoms with Crippen molar-refractivity contribution in [3.05, 3.63) is 108 Å². The number of benzene rings is 3. The van der Waals surface area contributed by atoms with Crippen molar-refractivity contribution in [1.82, 2.24) is 10.2 Å². The highest BCUT2D eigenvalue weighted by molar-refractivity contribution is 5.87. The molecule has 1 fully saturated rings. The summed E-state index contributed by atoms with van der Waals surface area (Å²) in [5.41, 5.74) is 3.40. The van der Waals surface area contributed by atoms with Gasteiger partial charge in [0.2, 0.25) is 5.91 Å². The summed E-state index contributed by atoms with van der Waals surface area (Å²) in [7, 11) is 0. The zero-order valence-electron chi connectivity index (χ0n) is 16.7. The van der Waals surface area contributed by atoms with Gasteiger partial charge >= 0.3 is 0 Å². The van der Waals surface area contributed by atoms with Crippen LogP contribution < -0.4 is 5.32 Å². The fourth-order valence-electron chi connectivity index (χ4n) is 4.15. The molecule has 0 bridgehead atoms. The molecule has 1 saturated heterocycles. The van der Waals surface area contributed by atoms with Crippen LogP contribution in [0.5, 0.6) is 0 Å². The SMILES string of the molecule is O=C(C(c1ccccc1)c1ccccc1)N1CCCC(NCc2ccccc2)C1. The minimum absolute atomic E-state index is 0.202. The maximum absolute atomic E-state index is 13.6.